The predicted octanol–water partition coefficient (Wildman–Crippen LogP) is 4.63. The lowest BCUT2D eigenvalue weighted by Gasteiger charge is -2.09. The number of carbonyl (C=O) groups excluding carboxylic acids is 1. The Bertz CT molecular complexity index is 1030. The van der Waals surface area contributed by atoms with Crippen LogP contribution >= 0.6 is 11.3 Å². The second-order valence-electron chi connectivity index (χ2n) is 6.70. The molecule has 0 radical (unpaired) electrons. The van der Waals surface area contributed by atoms with Crippen molar-refractivity contribution in [2.75, 3.05) is 6.61 Å². The number of hydrogen-bond acceptors (Lipinski definition) is 5. The molecule has 0 unspecified atom stereocenters. The summed E-state index contributed by atoms with van der Waals surface area (Å²) in [5.41, 5.74) is 3.18. The van der Waals surface area contributed by atoms with Gasteiger partial charge < -0.3 is 10.1 Å². The van der Waals surface area contributed by atoms with Crippen LogP contribution in [0, 0.1) is 20.8 Å². The molecule has 0 aliphatic rings. The number of benzene rings is 1. The van der Waals surface area contributed by atoms with Crippen LogP contribution in [0.2, 0.25) is 0 Å². The van der Waals surface area contributed by atoms with E-state index in [-0.39, 0.29) is 12.5 Å². The van der Waals surface area contributed by atoms with Gasteiger partial charge in [0.15, 0.2) is 0 Å². The second-order valence-corrected chi connectivity index (χ2v) is 7.70. The lowest BCUT2D eigenvalue weighted by Crippen LogP contribution is -2.22. The topological polar surface area (TPSA) is 64.1 Å². The first-order valence-corrected chi connectivity index (χ1v) is 9.70. The minimum absolute atomic E-state index is 0.118. The monoisotopic (exact) mass is 423 g/mol. The minimum atomic E-state index is -4.34. The third-order valence-corrected chi connectivity index (χ3v) is 5.48. The Morgan fingerprint density at radius 2 is 1.76 bits per heavy atom. The summed E-state index contributed by atoms with van der Waals surface area (Å²) in [6, 6.07) is 6.88. The van der Waals surface area contributed by atoms with Crippen LogP contribution < -0.4 is 5.32 Å². The molecule has 0 aliphatic heterocycles. The number of halogens is 3. The Kier molecular flexibility index (Phi) is 6.18. The van der Waals surface area contributed by atoms with Crippen molar-refractivity contribution >= 4 is 27.5 Å². The molecule has 0 saturated heterocycles. The van der Waals surface area contributed by atoms with Crippen LogP contribution in [-0.2, 0) is 17.9 Å². The largest absolute Gasteiger partial charge is 0.411 e. The summed E-state index contributed by atoms with van der Waals surface area (Å²) in [4.78, 5) is 22.8. The van der Waals surface area contributed by atoms with Crippen molar-refractivity contribution in [3.05, 3.63) is 57.4 Å². The normalized spacial score (nSPS) is 11.8. The number of aromatic nitrogens is 2. The molecule has 0 fully saturated rings. The summed E-state index contributed by atoms with van der Waals surface area (Å²) in [6.07, 6.45) is -4.34. The second kappa shape index (κ2) is 8.46. The molecule has 2 heterocycles. The van der Waals surface area contributed by atoms with E-state index in [0.29, 0.717) is 22.8 Å². The lowest BCUT2D eigenvalue weighted by molar-refractivity contribution is -0.176. The molecule has 0 bridgehead atoms. The molecule has 1 amide bonds. The number of ether oxygens (including phenoxy) is 1. The number of rotatable bonds is 6. The van der Waals surface area contributed by atoms with Crippen molar-refractivity contribution in [2.45, 2.75) is 40.1 Å². The van der Waals surface area contributed by atoms with Crippen LogP contribution in [0.25, 0.3) is 10.2 Å². The molecule has 9 heteroatoms. The molecule has 0 spiro atoms. The van der Waals surface area contributed by atoms with Crippen molar-refractivity contribution < 1.29 is 22.7 Å². The van der Waals surface area contributed by atoms with Gasteiger partial charge in [-0.05, 0) is 37.5 Å². The molecule has 5 nitrogen and oxygen atoms in total. The highest BCUT2D eigenvalue weighted by molar-refractivity contribution is 7.20. The van der Waals surface area contributed by atoms with Gasteiger partial charge in [-0.3, -0.25) is 4.79 Å². The lowest BCUT2D eigenvalue weighted by atomic mass is 10.1. The van der Waals surface area contributed by atoms with E-state index in [9.17, 15) is 18.0 Å². The van der Waals surface area contributed by atoms with Gasteiger partial charge in [0.05, 0.1) is 11.5 Å². The van der Waals surface area contributed by atoms with E-state index in [0.717, 1.165) is 27.0 Å². The SMILES string of the molecule is Cc1nc(C)c2c(C)c(C(=O)NCc3ccc(COCC(F)(F)F)cc3)sc2n1. The zero-order chi connectivity index (χ0) is 21.2. The molecule has 0 saturated carbocycles. The molecule has 3 aromatic rings. The zero-order valence-electron chi connectivity index (χ0n) is 16.2. The third-order valence-electron chi connectivity index (χ3n) is 4.30. The average molecular weight is 423 g/mol. The van der Waals surface area contributed by atoms with Gasteiger partial charge >= 0.3 is 6.18 Å². The molecule has 154 valence electrons. The molecular formula is C20H20F3N3O2S. The number of aryl methyl sites for hydroxylation is 3. The highest BCUT2D eigenvalue weighted by Crippen LogP contribution is 2.31. The average Bonchev–Trinajstić information content (AvgIpc) is 2.96. The summed E-state index contributed by atoms with van der Waals surface area (Å²) >= 11 is 1.34. The van der Waals surface area contributed by atoms with Crippen molar-refractivity contribution in [1.29, 1.82) is 0 Å². The summed E-state index contributed by atoms with van der Waals surface area (Å²) in [5, 5.41) is 3.79. The van der Waals surface area contributed by atoms with Gasteiger partial charge in [-0.15, -0.1) is 11.3 Å². The first kappa shape index (κ1) is 21.2. The van der Waals surface area contributed by atoms with Crippen molar-refractivity contribution in [2.24, 2.45) is 0 Å². The van der Waals surface area contributed by atoms with Crippen LogP contribution in [0.15, 0.2) is 24.3 Å². The van der Waals surface area contributed by atoms with Crippen molar-refractivity contribution in [1.82, 2.24) is 15.3 Å². The quantitative estimate of drug-likeness (QED) is 0.628. The van der Waals surface area contributed by atoms with Gasteiger partial charge in [-0.2, -0.15) is 13.2 Å². The first-order valence-electron chi connectivity index (χ1n) is 8.89. The molecule has 0 atom stereocenters. The number of thiophene rings is 1. The van der Waals surface area contributed by atoms with E-state index in [1.165, 1.54) is 11.3 Å². The predicted molar refractivity (Wildman–Crippen MR) is 105 cm³/mol. The van der Waals surface area contributed by atoms with E-state index in [1.54, 1.807) is 24.3 Å². The molecule has 1 aromatic carbocycles. The Balaban J connectivity index is 1.62. The van der Waals surface area contributed by atoms with Gasteiger partial charge in [-0.25, -0.2) is 9.97 Å². The number of nitrogens with one attached hydrogen (secondary N) is 1. The van der Waals surface area contributed by atoms with Gasteiger partial charge in [0.2, 0.25) is 0 Å². The van der Waals surface area contributed by atoms with Gasteiger partial charge in [0, 0.05) is 17.6 Å². The smallest absolute Gasteiger partial charge is 0.367 e. The number of carbonyl (C=O) groups is 1. The summed E-state index contributed by atoms with van der Waals surface area (Å²) in [7, 11) is 0. The highest BCUT2D eigenvalue weighted by atomic mass is 32.1. The van der Waals surface area contributed by atoms with E-state index in [1.807, 2.05) is 20.8 Å². The minimum Gasteiger partial charge on any atom is -0.367 e. The van der Waals surface area contributed by atoms with E-state index in [2.05, 4.69) is 20.0 Å². The van der Waals surface area contributed by atoms with Crippen LogP contribution in [0.3, 0.4) is 0 Å². The molecule has 0 aliphatic carbocycles. The number of hydrogen-bond donors (Lipinski definition) is 1. The number of alkyl halides is 3. The fraction of sp³-hybridized carbons (Fsp3) is 0.350. The Hall–Kier alpha value is -2.52. The molecule has 3 rings (SSSR count). The van der Waals surface area contributed by atoms with Crippen LogP contribution in [0.4, 0.5) is 13.2 Å². The van der Waals surface area contributed by atoms with Crippen LogP contribution in [0.5, 0.6) is 0 Å². The molecule has 1 N–H and O–H groups in total. The van der Waals surface area contributed by atoms with Crippen molar-refractivity contribution in [3.63, 3.8) is 0 Å². The number of amides is 1. The fourth-order valence-electron chi connectivity index (χ4n) is 2.99. The Morgan fingerprint density at radius 3 is 2.41 bits per heavy atom. The van der Waals surface area contributed by atoms with E-state index >= 15 is 0 Å². The number of nitrogens with zero attached hydrogens (tertiary/aromatic N) is 2. The highest BCUT2D eigenvalue weighted by Gasteiger charge is 2.27. The Morgan fingerprint density at radius 1 is 1.10 bits per heavy atom. The maximum absolute atomic E-state index is 12.6. The van der Waals surface area contributed by atoms with Crippen molar-refractivity contribution in [3.8, 4) is 0 Å². The van der Waals surface area contributed by atoms with Gasteiger partial charge in [0.25, 0.3) is 5.91 Å². The van der Waals surface area contributed by atoms with Gasteiger partial charge in [0.1, 0.15) is 17.3 Å². The Labute approximate surface area is 169 Å². The van der Waals surface area contributed by atoms with E-state index in [4.69, 9.17) is 0 Å². The number of fused-ring (bicyclic) bond motifs is 1. The standard InChI is InChI=1S/C20H20F3N3O2S/c1-11-16-12(2)25-13(3)26-19(16)29-17(11)18(27)24-8-14-4-6-15(7-5-14)9-28-10-20(21,22)23/h4-7H,8-10H2,1-3H3,(H,24,27). The summed E-state index contributed by atoms with van der Waals surface area (Å²) < 4.78 is 41.0. The molecular weight excluding hydrogens is 403 g/mol. The third kappa shape index (κ3) is 5.30. The van der Waals surface area contributed by atoms with Gasteiger partial charge in [-0.1, -0.05) is 24.3 Å². The summed E-state index contributed by atoms with van der Waals surface area (Å²) in [6.45, 7) is 4.52. The maximum atomic E-state index is 12.6. The fourth-order valence-corrected chi connectivity index (χ4v) is 4.18. The molecule has 2 aromatic heterocycles. The molecule has 29 heavy (non-hydrogen) atoms. The summed E-state index contributed by atoms with van der Waals surface area (Å²) in [5.74, 6) is 0.475. The van der Waals surface area contributed by atoms with Crippen LogP contribution in [-0.4, -0.2) is 28.7 Å². The maximum Gasteiger partial charge on any atom is 0.411 e. The van der Waals surface area contributed by atoms with E-state index < -0.39 is 12.8 Å². The first-order chi connectivity index (χ1) is 13.6. The van der Waals surface area contributed by atoms with Crippen LogP contribution in [0.1, 0.15) is 37.9 Å². The zero-order valence-corrected chi connectivity index (χ0v) is 17.0.